The second-order valence-electron chi connectivity index (χ2n) is 14.8. The highest BCUT2D eigenvalue weighted by Gasteiger charge is 2.35. The van der Waals surface area contributed by atoms with Crippen LogP contribution in [0.5, 0.6) is 0 Å². The predicted molar refractivity (Wildman–Crippen MR) is 203 cm³/mol. The first-order valence-corrected chi connectivity index (χ1v) is 17.2. The molecule has 48 heavy (non-hydrogen) atoms. The normalized spacial score (nSPS) is 23.1. The lowest BCUT2D eigenvalue weighted by Crippen LogP contribution is -2.31. The van der Waals surface area contributed by atoms with Gasteiger partial charge in [-0.15, -0.1) is 0 Å². The molecule has 0 N–H and O–H groups in total. The van der Waals surface area contributed by atoms with Crippen LogP contribution in [0, 0.1) is 10.8 Å². The van der Waals surface area contributed by atoms with Gasteiger partial charge in [-0.3, -0.25) is 9.59 Å². The Morgan fingerprint density at radius 2 is 0.854 bits per heavy atom. The van der Waals surface area contributed by atoms with E-state index >= 15 is 0 Å². The van der Waals surface area contributed by atoms with E-state index in [4.69, 9.17) is 9.47 Å². The largest absolute Gasteiger partial charge is 0.462 e. The van der Waals surface area contributed by atoms with Gasteiger partial charge in [0.15, 0.2) is 0 Å². The van der Waals surface area contributed by atoms with Crippen molar-refractivity contribution < 1.29 is 19.1 Å². The molecule has 4 heteroatoms. The molecule has 0 aromatic heterocycles. The Morgan fingerprint density at radius 3 is 1.17 bits per heavy atom. The zero-order valence-corrected chi connectivity index (χ0v) is 31.7. The van der Waals surface area contributed by atoms with E-state index < -0.39 is 0 Å². The summed E-state index contributed by atoms with van der Waals surface area (Å²) in [5, 5.41) is 0. The summed E-state index contributed by atoms with van der Waals surface area (Å²) in [6.07, 6.45) is 33.0. The second-order valence-corrected chi connectivity index (χ2v) is 14.8. The molecule has 0 aromatic rings. The number of hydrogen-bond donors (Lipinski definition) is 0. The molecular formula is C44H60O4. The molecule has 0 saturated carbocycles. The van der Waals surface area contributed by atoms with Gasteiger partial charge in [-0.2, -0.15) is 0 Å². The van der Waals surface area contributed by atoms with Gasteiger partial charge in [0.2, 0.25) is 0 Å². The summed E-state index contributed by atoms with van der Waals surface area (Å²) in [5.74, 6) is -0.412. The van der Waals surface area contributed by atoms with Crippen LogP contribution in [-0.2, 0) is 19.1 Å². The standard InChI is InChI=1S/C44H60O4/c1-31(19-15-21-33(3)23-25-41-35(5)27-39(47-37(7)45)29-43(41,9)10)17-13-14-18-32(2)20-16-22-34(4)24-26-42-36(6)28-40(48-38(8)46)30-44(42,11)12/h13-26,39-40H,27-30H2,1-12H3/b14-13+,19-15+,20-16+,25-23+,26-24+,31-17+,32-18+,33-21+,34-22+/t39-,40+. The number of rotatable bonds is 12. The summed E-state index contributed by atoms with van der Waals surface area (Å²) in [5.41, 5.74) is 9.84. The van der Waals surface area contributed by atoms with Crippen LogP contribution >= 0.6 is 0 Å². The van der Waals surface area contributed by atoms with Gasteiger partial charge in [-0.25, -0.2) is 0 Å². The van der Waals surface area contributed by atoms with Crippen LogP contribution < -0.4 is 0 Å². The third-order valence-corrected chi connectivity index (χ3v) is 8.88. The van der Waals surface area contributed by atoms with Gasteiger partial charge in [-0.05, 0) is 76.4 Å². The van der Waals surface area contributed by atoms with E-state index in [0.29, 0.717) is 0 Å². The van der Waals surface area contributed by atoms with Crippen molar-refractivity contribution in [2.24, 2.45) is 10.8 Å². The number of ether oxygens (including phenoxy) is 2. The number of allylic oxidation sites excluding steroid dienone is 20. The lowest BCUT2D eigenvalue weighted by atomic mass is 9.71. The molecule has 2 rings (SSSR count). The Kier molecular flexibility index (Phi) is 15.6. The summed E-state index contributed by atoms with van der Waals surface area (Å²) in [7, 11) is 0. The van der Waals surface area contributed by atoms with Crippen molar-refractivity contribution >= 4 is 11.9 Å². The van der Waals surface area contributed by atoms with Crippen molar-refractivity contribution in [1.82, 2.24) is 0 Å². The van der Waals surface area contributed by atoms with E-state index in [1.807, 2.05) is 0 Å². The van der Waals surface area contributed by atoms with Crippen LogP contribution in [0.25, 0.3) is 0 Å². The Labute approximate surface area is 291 Å². The molecule has 0 radical (unpaired) electrons. The molecule has 0 unspecified atom stereocenters. The molecular weight excluding hydrogens is 592 g/mol. The van der Waals surface area contributed by atoms with Crippen molar-refractivity contribution in [1.29, 1.82) is 0 Å². The van der Waals surface area contributed by atoms with Gasteiger partial charge >= 0.3 is 11.9 Å². The Morgan fingerprint density at radius 1 is 0.542 bits per heavy atom. The lowest BCUT2D eigenvalue weighted by molar-refractivity contribution is -0.148. The van der Waals surface area contributed by atoms with Gasteiger partial charge in [0.05, 0.1) is 0 Å². The van der Waals surface area contributed by atoms with Gasteiger partial charge < -0.3 is 9.47 Å². The lowest BCUT2D eigenvalue weighted by Gasteiger charge is -2.37. The minimum Gasteiger partial charge on any atom is -0.462 e. The highest BCUT2D eigenvalue weighted by atomic mass is 16.5. The summed E-state index contributed by atoms with van der Waals surface area (Å²) < 4.78 is 11.0. The molecule has 0 heterocycles. The smallest absolute Gasteiger partial charge is 0.302 e. The topological polar surface area (TPSA) is 52.6 Å². The van der Waals surface area contributed by atoms with Crippen LogP contribution in [0.1, 0.15) is 109 Å². The zero-order chi connectivity index (χ0) is 36.1. The van der Waals surface area contributed by atoms with Crippen LogP contribution in [0.3, 0.4) is 0 Å². The predicted octanol–water partition coefficient (Wildman–Crippen LogP) is 11.7. The molecule has 0 saturated heterocycles. The fourth-order valence-corrected chi connectivity index (χ4v) is 6.70. The minimum absolute atomic E-state index is 0.0390. The first-order chi connectivity index (χ1) is 22.4. The number of carbonyl (C=O) groups is 2. The van der Waals surface area contributed by atoms with E-state index in [0.717, 1.165) is 25.7 Å². The Hall–Kier alpha value is -3.92. The van der Waals surface area contributed by atoms with E-state index in [2.05, 4.69) is 154 Å². The van der Waals surface area contributed by atoms with E-state index in [1.54, 1.807) is 0 Å². The fraction of sp³-hybridized carbons (Fsp3) is 0.455. The molecule has 2 aliphatic carbocycles. The van der Waals surface area contributed by atoms with E-state index in [1.165, 1.54) is 58.4 Å². The van der Waals surface area contributed by atoms with Crippen molar-refractivity contribution in [3.05, 3.63) is 130 Å². The van der Waals surface area contributed by atoms with Crippen LogP contribution in [0.15, 0.2) is 130 Å². The molecule has 0 fully saturated rings. The van der Waals surface area contributed by atoms with Gasteiger partial charge in [0.1, 0.15) is 12.2 Å². The van der Waals surface area contributed by atoms with Crippen molar-refractivity contribution in [2.45, 2.75) is 121 Å². The zero-order valence-electron chi connectivity index (χ0n) is 31.7. The van der Waals surface area contributed by atoms with E-state index in [9.17, 15) is 9.59 Å². The van der Waals surface area contributed by atoms with Gasteiger partial charge in [0, 0.05) is 26.7 Å². The maximum Gasteiger partial charge on any atom is 0.302 e. The minimum atomic E-state index is -0.206. The number of esters is 2. The summed E-state index contributed by atoms with van der Waals surface area (Å²) in [6.45, 7) is 24.6. The number of hydrogen-bond acceptors (Lipinski definition) is 4. The van der Waals surface area contributed by atoms with Crippen LogP contribution in [-0.4, -0.2) is 24.1 Å². The quantitative estimate of drug-likeness (QED) is 0.155. The fourth-order valence-electron chi connectivity index (χ4n) is 6.70. The SMILES string of the molecule is CC(=O)O[C@@H]1CC(C)=C(/C=C/C(C)=C/C=C/C(C)=C/C=C/C=C(C)/C=C/C=C(C)/C=C/C2=C(C)C[C@H](OC(C)=O)CC2(C)C)C(C)(C)C1. The third kappa shape index (κ3) is 14.1. The molecule has 4 nitrogen and oxygen atoms in total. The third-order valence-electron chi connectivity index (χ3n) is 8.88. The first kappa shape index (κ1) is 40.3. The molecule has 0 aliphatic heterocycles. The van der Waals surface area contributed by atoms with Crippen molar-refractivity contribution in [3.63, 3.8) is 0 Å². The Bertz CT molecular complexity index is 1400. The van der Waals surface area contributed by atoms with Gasteiger partial charge in [-0.1, -0.05) is 146 Å². The highest BCUT2D eigenvalue weighted by molar-refractivity contribution is 5.66. The summed E-state index contributed by atoms with van der Waals surface area (Å²) in [6, 6.07) is 0. The molecule has 0 amide bonds. The average Bonchev–Trinajstić information content (AvgIpc) is 2.93. The second kappa shape index (κ2) is 18.6. The molecule has 2 aliphatic rings. The van der Waals surface area contributed by atoms with Crippen LogP contribution in [0.4, 0.5) is 0 Å². The molecule has 0 bridgehead atoms. The van der Waals surface area contributed by atoms with Gasteiger partial charge in [0.25, 0.3) is 0 Å². The molecule has 2 atom stereocenters. The van der Waals surface area contributed by atoms with E-state index in [-0.39, 0.29) is 35.0 Å². The Balaban J connectivity index is 1.92. The first-order valence-electron chi connectivity index (χ1n) is 17.2. The van der Waals surface area contributed by atoms with Crippen molar-refractivity contribution in [3.8, 4) is 0 Å². The monoisotopic (exact) mass is 652 g/mol. The highest BCUT2D eigenvalue weighted by Crippen LogP contribution is 2.43. The maximum absolute atomic E-state index is 11.4. The number of carbonyl (C=O) groups excluding carboxylic acids is 2. The maximum atomic E-state index is 11.4. The summed E-state index contributed by atoms with van der Waals surface area (Å²) in [4.78, 5) is 22.9. The van der Waals surface area contributed by atoms with Crippen molar-refractivity contribution in [2.75, 3.05) is 0 Å². The molecule has 0 aromatic carbocycles. The summed E-state index contributed by atoms with van der Waals surface area (Å²) >= 11 is 0. The van der Waals surface area contributed by atoms with Crippen LogP contribution in [0.2, 0.25) is 0 Å². The average molecular weight is 653 g/mol. The molecule has 0 spiro atoms. The molecule has 260 valence electrons.